The normalized spacial score (nSPS) is 15.2. The fourth-order valence-corrected chi connectivity index (χ4v) is 2.28. The fourth-order valence-electron chi connectivity index (χ4n) is 2.28. The lowest BCUT2D eigenvalue weighted by molar-refractivity contribution is -0.148. The third kappa shape index (κ3) is 9.49. The Hall–Kier alpha value is -0.530. The van der Waals surface area contributed by atoms with Crippen molar-refractivity contribution in [1.29, 1.82) is 0 Å². The van der Waals surface area contributed by atoms with Crippen molar-refractivity contribution in [3.05, 3.63) is 0 Å². The molecule has 0 aromatic carbocycles. The van der Waals surface area contributed by atoms with Crippen LogP contribution in [0.3, 0.4) is 0 Å². The minimum atomic E-state index is -0.0218. The molecule has 0 heterocycles. The van der Waals surface area contributed by atoms with Gasteiger partial charge in [0.25, 0.3) is 0 Å². The summed E-state index contributed by atoms with van der Waals surface area (Å²) in [6, 6.07) is 0. The lowest BCUT2D eigenvalue weighted by Gasteiger charge is -2.23. The van der Waals surface area contributed by atoms with Gasteiger partial charge in [0.1, 0.15) is 0 Å². The Balaban J connectivity index is 3.73. The van der Waals surface area contributed by atoms with Gasteiger partial charge in [-0.2, -0.15) is 0 Å². The molecule has 0 saturated heterocycles. The molecule has 18 heavy (non-hydrogen) atoms. The maximum Gasteiger partial charge on any atom is 0.308 e. The first-order chi connectivity index (χ1) is 8.26. The molecule has 0 fully saturated rings. The molecule has 0 aromatic heterocycles. The zero-order valence-electron chi connectivity index (χ0n) is 13.2. The van der Waals surface area contributed by atoms with Crippen LogP contribution in [0.25, 0.3) is 0 Å². The van der Waals surface area contributed by atoms with Crippen molar-refractivity contribution in [2.24, 2.45) is 17.3 Å². The Morgan fingerprint density at radius 1 is 1.17 bits per heavy atom. The minimum Gasteiger partial charge on any atom is -0.465 e. The molecule has 108 valence electrons. The fraction of sp³-hybridized carbons (Fsp3) is 0.938. The molecule has 0 aromatic rings. The summed E-state index contributed by atoms with van der Waals surface area (Å²) in [6.45, 7) is 13.7. The molecule has 0 aliphatic carbocycles. The molecule has 0 amide bonds. The zero-order valence-corrected chi connectivity index (χ0v) is 13.2. The van der Waals surface area contributed by atoms with E-state index in [2.05, 4.69) is 34.6 Å². The predicted octanol–water partition coefficient (Wildman–Crippen LogP) is 4.82. The van der Waals surface area contributed by atoms with Crippen LogP contribution < -0.4 is 0 Å². The Kier molecular flexibility index (Phi) is 8.30. The maximum atomic E-state index is 11.7. The van der Waals surface area contributed by atoms with Crippen LogP contribution in [0.4, 0.5) is 0 Å². The number of ether oxygens (including phenoxy) is 1. The molecular formula is C16H32O2. The van der Waals surface area contributed by atoms with Crippen LogP contribution >= 0.6 is 0 Å². The quantitative estimate of drug-likeness (QED) is 0.582. The lowest BCUT2D eigenvalue weighted by atomic mass is 9.84. The molecule has 0 bridgehead atoms. The molecule has 0 N–H and O–H groups in total. The Morgan fingerprint density at radius 2 is 1.78 bits per heavy atom. The predicted molar refractivity (Wildman–Crippen MR) is 77.5 cm³/mol. The zero-order chi connectivity index (χ0) is 14.2. The van der Waals surface area contributed by atoms with E-state index in [-0.39, 0.29) is 11.9 Å². The number of rotatable bonds is 8. The van der Waals surface area contributed by atoms with Gasteiger partial charge in [0.15, 0.2) is 0 Å². The number of carbonyl (C=O) groups is 1. The molecule has 0 saturated carbocycles. The van der Waals surface area contributed by atoms with E-state index in [4.69, 9.17) is 4.74 Å². The van der Waals surface area contributed by atoms with Crippen LogP contribution in [-0.4, -0.2) is 12.6 Å². The molecule has 0 radical (unpaired) electrons. The summed E-state index contributed by atoms with van der Waals surface area (Å²) in [5, 5.41) is 0. The van der Waals surface area contributed by atoms with Gasteiger partial charge >= 0.3 is 5.97 Å². The third-order valence-electron chi connectivity index (χ3n) is 3.21. The summed E-state index contributed by atoms with van der Waals surface area (Å²) >= 11 is 0. The number of carbonyl (C=O) groups excluding carboxylic acids is 1. The molecule has 2 heteroatoms. The van der Waals surface area contributed by atoms with E-state index in [0.29, 0.717) is 17.9 Å². The van der Waals surface area contributed by atoms with Gasteiger partial charge in [0.05, 0.1) is 12.5 Å². The highest BCUT2D eigenvalue weighted by atomic mass is 16.5. The first-order valence-electron chi connectivity index (χ1n) is 7.43. The van der Waals surface area contributed by atoms with Crippen molar-refractivity contribution < 1.29 is 9.53 Å². The van der Waals surface area contributed by atoms with Gasteiger partial charge < -0.3 is 4.74 Å². The van der Waals surface area contributed by atoms with Gasteiger partial charge in [0.2, 0.25) is 0 Å². The summed E-state index contributed by atoms with van der Waals surface area (Å²) in [7, 11) is 0. The maximum absolute atomic E-state index is 11.7. The largest absolute Gasteiger partial charge is 0.465 e. The van der Waals surface area contributed by atoms with E-state index >= 15 is 0 Å². The first kappa shape index (κ1) is 17.5. The van der Waals surface area contributed by atoms with Crippen molar-refractivity contribution in [1.82, 2.24) is 0 Å². The lowest BCUT2D eigenvalue weighted by Crippen LogP contribution is -2.18. The summed E-state index contributed by atoms with van der Waals surface area (Å²) in [5.74, 6) is 0.651. The summed E-state index contributed by atoms with van der Waals surface area (Å²) in [6.07, 6.45) is 5.35. The smallest absolute Gasteiger partial charge is 0.308 e. The SMILES string of the molecule is CCCCC(C)C(=O)OCCC(C)CC(C)(C)C. The summed E-state index contributed by atoms with van der Waals surface area (Å²) in [4.78, 5) is 11.7. The van der Waals surface area contributed by atoms with Crippen molar-refractivity contribution in [3.8, 4) is 0 Å². The van der Waals surface area contributed by atoms with Gasteiger partial charge in [-0.05, 0) is 30.6 Å². The van der Waals surface area contributed by atoms with Crippen LogP contribution in [-0.2, 0) is 9.53 Å². The molecule has 0 aliphatic rings. The molecule has 0 spiro atoms. The van der Waals surface area contributed by atoms with Gasteiger partial charge in [-0.3, -0.25) is 4.79 Å². The van der Waals surface area contributed by atoms with Crippen LogP contribution in [0.1, 0.15) is 73.6 Å². The highest BCUT2D eigenvalue weighted by Crippen LogP contribution is 2.25. The first-order valence-corrected chi connectivity index (χ1v) is 7.43. The number of hydrogen-bond donors (Lipinski definition) is 0. The molecule has 2 nitrogen and oxygen atoms in total. The highest BCUT2D eigenvalue weighted by Gasteiger charge is 2.17. The molecule has 2 atom stereocenters. The number of hydrogen-bond acceptors (Lipinski definition) is 2. The van der Waals surface area contributed by atoms with E-state index < -0.39 is 0 Å². The van der Waals surface area contributed by atoms with Crippen molar-refractivity contribution >= 4 is 5.97 Å². The van der Waals surface area contributed by atoms with E-state index in [0.717, 1.165) is 25.7 Å². The monoisotopic (exact) mass is 256 g/mol. The second kappa shape index (κ2) is 8.55. The Bertz CT molecular complexity index is 228. The van der Waals surface area contributed by atoms with Gasteiger partial charge in [-0.15, -0.1) is 0 Å². The standard InChI is InChI=1S/C16H32O2/c1-7-8-9-14(3)15(17)18-11-10-13(2)12-16(4,5)6/h13-14H,7-12H2,1-6H3. The van der Waals surface area contributed by atoms with E-state index in [1.807, 2.05) is 6.92 Å². The van der Waals surface area contributed by atoms with E-state index in [9.17, 15) is 4.79 Å². The average Bonchev–Trinajstić information content (AvgIpc) is 2.23. The van der Waals surface area contributed by atoms with Crippen LogP contribution in [0.5, 0.6) is 0 Å². The van der Waals surface area contributed by atoms with Crippen LogP contribution in [0.2, 0.25) is 0 Å². The van der Waals surface area contributed by atoms with Crippen molar-refractivity contribution in [2.75, 3.05) is 6.61 Å². The van der Waals surface area contributed by atoms with Crippen LogP contribution in [0.15, 0.2) is 0 Å². The van der Waals surface area contributed by atoms with Crippen molar-refractivity contribution in [3.63, 3.8) is 0 Å². The number of esters is 1. The Labute approximate surface area is 113 Å². The molecular weight excluding hydrogens is 224 g/mol. The number of unbranched alkanes of at least 4 members (excludes halogenated alkanes) is 1. The van der Waals surface area contributed by atoms with Gasteiger partial charge in [-0.1, -0.05) is 54.4 Å². The minimum absolute atomic E-state index is 0.0218. The Morgan fingerprint density at radius 3 is 2.28 bits per heavy atom. The van der Waals surface area contributed by atoms with E-state index in [1.54, 1.807) is 0 Å². The second-order valence-corrected chi connectivity index (χ2v) is 6.87. The summed E-state index contributed by atoms with van der Waals surface area (Å²) in [5.41, 5.74) is 0.359. The molecule has 0 aliphatic heterocycles. The third-order valence-corrected chi connectivity index (χ3v) is 3.21. The van der Waals surface area contributed by atoms with Crippen LogP contribution in [0, 0.1) is 17.3 Å². The van der Waals surface area contributed by atoms with Gasteiger partial charge in [-0.25, -0.2) is 0 Å². The van der Waals surface area contributed by atoms with Gasteiger partial charge in [0, 0.05) is 0 Å². The molecule has 2 unspecified atom stereocenters. The second-order valence-electron chi connectivity index (χ2n) is 6.87. The van der Waals surface area contributed by atoms with E-state index in [1.165, 1.54) is 6.42 Å². The average molecular weight is 256 g/mol. The van der Waals surface area contributed by atoms with Crippen molar-refractivity contribution in [2.45, 2.75) is 73.6 Å². The molecule has 0 rings (SSSR count). The topological polar surface area (TPSA) is 26.3 Å². The summed E-state index contributed by atoms with van der Waals surface area (Å²) < 4.78 is 5.35. The highest BCUT2D eigenvalue weighted by molar-refractivity contribution is 5.71.